The van der Waals surface area contributed by atoms with Crippen molar-refractivity contribution in [1.29, 1.82) is 0 Å². The summed E-state index contributed by atoms with van der Waals surface area (Å²) < 4.78 is 16.8. The summed E-state index contributed by atoms with van der Waals surface area (Å²) in [5.41, 5.74) is 4.14. The molecule has 1 aromatic carbocycles. The fraction of sp³-hybridized carbons (Fsp3) is 0.657. The van der Waals surface area contributed by atoms with Crippen LogP contribution in [0.3, 0.4) is 0 Å². The highest BCUT2D eigenvalue weighted by Gasteiger charge is 2.40. The Morgan fingerprint density at radius 2 is 1.17 bits per heavy atom. The zero-order valence-electron chi connectivity index (χ0n) is 26.7. The molecular formula is C35H55NO5. The van der Waals surface area contributed by atoms with Crippen molar-refractivity contribution in [2.24, 2.45) is 0 Å². The molecule has 0 aromatic heterocycles. The van der Waals surface area contributed by atoms with Crippen LogP contribution in [0, 0.1) is 0 Å². The molecule has 41 heavy (non-hydrogen) atoms. The summed E-state index contributed by atoms with van der Waals surface area (Å²) in [6, 6.07) is 5.99. The first-order chi connectivity index (χ1) is 19.9. The molecule has 2 rings (SSSR count). The van der Waals surface area contributed by atoms with E-state index in [1.54, 1.807) is 21.0 Å². The Bertz CT molecular complexity index is 985. The fourth-order valence-corrected chi connectivity index (χ4v) is 5.89. The molecule has 1 aromatic rings. The molecule has 0 aliphatic carbocycles. The van der Waals surface area contributed by atoms with Crippen molar-refractivity contribution in [3.8, 4) is 5.75 Å². The number of rotatable bonds is 20. The highest BCUT2D eigenvalue weighted by atomic mass is 16.5. The standard InChI is InChI=1S/C35H55NO5/c1-7-10-11-12-13-14-15-16-17-18-19-20-21-23-28-24-22-25-29(39-6)32(28)33-30(34(37)40-8-2)26(4)36-27(5)31(33)35(38)41-9-3/h22,24-25,33,36H,7-21,23H2,1-6H3. The molecule has 1 aliphatic heterocycles. The topological polar surface area (TPSA) is 73.9 Å². The average Bonchev–Trinajstić information content (AvgIpc) is 2.95. The molecule has 0 amide bonds. The van der Waals surface area contributed by atoms with Gasteiger partial charge < -0.3 is 19.5 Å². The number of hydrogen-bond donors (Lipinski definition) is 1. The molecule has 0 fully saturated rings. The molecule has 1 heterocycles. The van der Waals surface area contributed by atoms with Crippen molar-refractivity contribution in [3.05, 3.63) is 51.9 Å². The van der Waals surface area contributed by atoms with Crippen molar-refractivity contribution >= 4 is 11.9 Å². The lowest BCUT2D eigenvalue weighted by molar-refractivity contribution is -0.139. The van der Waals surface area contributed by atoms with Crippen molar-refractivity contribution in [2.75, 3.05) is 20.3 Å². The van der Waals surface area contributed by atoms with E-state index < -0.39 is 17.9 Å². The van der Waals surface area contributed by atoms with E-state index in [2.05, 4.69) is 18.3 Å². The number of carbonyl (C=O) groups excluding carboxylic acids is 2. The zero-order valence-corrected chi connectivity index (χ0v) is 26.7. The Kier molecular flexibility index (Phi) is 16.3. The van der Waals surface area contributed by atoms with Crippen LogP contribution in [0.2, 0.25) is 0 Å². The maximum absolute atomic E-state index is 13.3. The number of aryl methyl sites for hydroxylation is 1. The van der Waals surface area contributed by atoms with Crippen LogP contribution in [0.4, 0.5) is 0 Å². The van der Waals surface area contributed by atoms with Crippen LogP contribution in [0.25, 0.3) is 0 Å². The van der Waals surface area contributed by atoms with Gasteiger partial charge in [0, 0.05) is 17.0 Å². The molecule has 0 saturated heterocycles. The van der Waals surface area contributed by atoms with E-state index in [-0.39, 0.29) is 13.2 Å². The highest BCUT2D eigenvalue weighted by molar-refractivity contribution is 6.00. The van der Waals surface area contributed by atoms with Crippen LogP contribution >= 0.6 is 0 Å². The van der Waals surface area contributed by atoms with Crippen LogP contribution in [0.15, 0.2) is 40.7 Å². The summed E-state index contributed by atoms with van der Waals surface area (Å²) in [5, 5.41) is 3.23. The molecule has 230 valence electrons. The first kappa shape index (κ1) is 34.4. The van der Waals surface area contributed by atoms with E-state index in [1.165, 1.54) is 70.6 Å². The molecule has 0 radical (unpaired) electrons. The second kappa shape index (κ2) is 19.4. The Balaban J connectivity index is 2.13. The lowest BCUT2D eigenvalue weighted by Crippen LogP contribution is -2.33. The zero-order chi connectivity index (χ0) is 30.0. The van der Waals surface area contributed by atoms with E-state index in [0.29, 0.717) is 28.3 Å². The third-order valence-corrected chi connectivity index (χ3v) is 7.97. The summed E-state index contributed by atoms with van der Waals surface area (Å²) in [6.45, 7) is 10.0. The second-order valence-electron chi connectivity index (χ2n) is 11.1. The predicted octanol–water partition coefficient (Wildman–Crippen LogP) is 8.69. The highest BCUT2D eigenvalue weighted by Crippen LogP contribution is 2.44. The number of ether oxygens (including phenoxy) is 3. The van der Waals surface area contributed by atoms with Crippen LogP contribution in [0.1, 0.15) is 135 Å². The maximum Gasteiger partial charge on any atom is 0.336 e. The van der Waals surface area contributed by atoms with E-state index in [0.717, 1.165) is 30.4 Å². The smallest absolute Gasteiger partial charge is 0.336 e. The molecule has 6 heteroatoms. The van der Waals surface area contributed by atoms with Crippen LogP contribution < -0.4 is 10.1 Å². The van der Waals surface area contributed by atoms with Gasteiger partial charge in [0.15, 0.2) is 0 Å². The Labute approximate surface area is 249 Å². The third-order valence-electron chi connectivity index (χ3n) is 7.97. The fourth-order valence-electron chi connectivity index (χ4n) is 5.89. The summed E-state index contributed by atoms with van der Waals surface area (Å²) in [6.07, 6.45) is 17.8. The number of allylic oxidation sites excluding steroid dienone is 2. The number of hydrogen-bond acceptors (Lipinski definition) is 6. The Morgan fingerprint density at radius 1 is 0.707 bits per heavy atom. The monoisotopic (exact) mass is 569 g/mol. The lowest BCUT2D eigenvalue weighted by atomic mass is 9.77. The van der Waals surface area contributed by atoms with E-state index >= 15 is 0 Å². The molecule has 0 saturated carbocycles. The summed E-state index contributed by atoms with van der Waals surface area (Å²) in [7, 11) is 1.64. The van der Waals surface area contributed by atoms with Crippen molar-refractivity contribution in [2.45, 2.75) is 130 Å². The van der Waals surface area contributed by atoms with Gasteiger partial charge in [0.05, 0.1) is 37.4 Å². The molecule has 6 nitrogen and oxygen atoms in total. The molecule has 1 N–H and O–H groups in total. The Hall–Kier alpha value is -2.76. The first-order valence-corrected chi connectivity index (χ1v) is 16.1. The van der Waals surface area contributed by atoms with Gasteiger partial charge in [-0.05, 0) is 52.2 Å². The summed E-state index contributed by atoms with van der Waals surface area (Å²) in [4.78, 5) is 26.6. The third kappa shape index (κ3) is 10.5. The largest absolute Gasteiger partial charge is 0.496 e. The minimum absolute atomic E-state index is 0.248. The summed E-state index contributed by atoms with van der Waals surface area (Å²) >= 11 is 0. The van der Waals surface area contributed by atoms with E-state index in [1.807, 2.05) is 26.0 Å². The Morgan fingerprint density at radius 3 is 1.61 bits per heavy atom. The van der Waals surface area contributed by atoms with Crippen LogP contribution in [0.5, 0.6) is 5.75 Å². The van der Waals surface area contributed by atoms with Gasteiger partial charge in [-0.2, -0.15) is 0 Å². The van der Waals surface area contributed by atoms with Gasteiger partial charge in [-0.3, -0.25) is 0 Å². The van der Waals surface area contributed by atoms with Gasteiger partial charge in [0.25, 0.3) is 0 Å². The number of unbranched alkanes of at least 4 members (excludes halogenated alkanes) is 12. The SMILES string of the molecule is CCCCCCCCCCCCCCCc1cccc(OC)c1C1C(C(=O)OCC)=C(C)NC(C)=C1C(=O)OCC. The second-order valence-corrected chi connectivity index (χ2v) is 11.1. The van der Waals surface area contributed by atoms with Gasteiger partial charge in [-0.25, -0.2) is 9.59 Å². The van der Waals surface area contributed by atoms with Gasteiger partial charge in [-0.15, -0.1) is 0 Å². The molecule has 0 spiro atoms. The number of methoxy groups -OCH3 is 1. The van der Waals surface area contributed by atoms with Crippen molar-refractivity contribution in [1.82, 2.24) is 5.32 Å². The number of benzene rings is 1. The minimum atomic E-state index is -0.637. The first-order valence-electron chi connectivity index (χ1n) is 16.1. The van der Waals surface area contributed by atoms with Gasteiger partial charge in [0.2, 0.25) is 0 Å². The normalized spacial score (nSPS) is 13.8. The number of carbonyl (C=O) groups is 2. The van der Waals surface area contributed by atoms with Gasteiger partial charge >= 0.3 is 11.9 Å². The number of nitrogens with one attached hydrogen (secondary N) is 1. The van der Waals surface area contributed by atoms with E-state index in [4.69, 9.17) is 14.2 Å². The molecule has 0 atom stereocenters. The minimum Gasteiger partial charge on any atom is -0.496 e. The predicted molar refractivity (Wildman–Crippen MR) is 167 cm³/mol. The summed E-state index contributed by atoms with van der Waals surface area (Å²) in [5.74, 6) is -0.847. The van der Waals surface area contributed by atoms with E-state index in [9.17, 15) is 9.59 Å². The van der Waals surface area contributed by atoms with Crippen molar-refractivity contribution < 1.29 is 23.8 Å². The molecule has 0 unspecified atom stereocenters. The van der Waals surface area contributed by atoms with Crippen molar-refractivity contribution in [3.63, 3.8) is 0 Å². The molecule has 1 aliphatic rings. The average molecular weight is 570 g/mol. The quantitative estimate of drug-likeness (QED) is 0.125. The lowest BCUT2D eigenvalue weighted by Gasteiger charge is -2.32. The number of dihydropyridines is 1. The maximum atomic E-state index is 13.3. The van der Waals surface area contributed by atoms with Crippen LogP contribution in [-0.4, -0.2) is 32.3 Å². The van der Waals surface area contributed by atoms with Gasteiger partial charge in [-0.1, -0.05) is 96.1 Å². The molecule has 0 bridgehead atoms. The number of esters is 2. The van der Waals surface area contributed by atoms with Gasteiger partial charge in [0.1, 0.15) is 5.75 Å². The molecular weight excluding hydrogens is 514 g/mol. The van der Waals surface area contributed by atoms with Crippen LogP contribution in [-0.2, 0) is 25.5 Å².